The first-order valence-corrected chi connectivity index (χ1v) is 15.1. The predicted octanol–water partition coefficient (Wildman–Crippen LogP) is 4.14. The van der Waals surface area contributed by atoms with Crippen LogP contribution in [0, 0.1) is 0 Å². The Morgan fingerprint density at radius 2 is 1.54 bits per heavy atom. The van der Waals surface area contributed by atoms with Gasteiger partial charge in [0.25, 0.3) is 15.9 Å². The summed E-state index contributed by atoms with van der Waals surface area (Å²) in [6, 6.07) is 17.0. The molecule has 2 N–H and O–H groups in total. The molecule has 1 saturated heterocycles. The largest absolute Gasteiger partial charge is 0.497 e. The average Bonchev–Trinajstić information content (AvgIpc) is 2.89. The van der Waals surface area contributed by atoms with E-state index in [2.05, 4.69) is 10.0 Å². The molecule has 3 aromatic rings. The van der Waals surface area contributed by atoms with E-state index >= 15 is 0 Å². The summed E-state index contributed by atoms with van der Waals surface area (Å²) in [6.07, 6.45) is 4.07. The molecule has 0 spiro atoms. The van der Waals surface area contributed by atoms with Gasteiger partial charge in [-0.05, 0) is 79.9 Å². The van der Waals surface area contributed by atoms with Gasteiger partial charge in [0.2, 0.25) is 0 Å². The van der Waals surface area contributed by atoms with Crippen LogP contribution in [0.25, 0.3) is 0 Å². The van der Waals surface area contributed by atoms with Gasteiger partial charge in [0.05, 0.1) is 17.7 Å². The lowest BCUT2D eigenvalue weighted by atomic mass is 10.1. The van der Waals surface area contributed by atoms with Crippen LogP contribution in [-0.2, 0) is 19.9 Å². The summed E-state index contributed by atoms with van der Waals surface area (Å²) in [5.74, 6) is 0.0456. The number of nitrogens with one attached hydrogen (secondary N) is 2. The SMILES string of the molecule is COc1ccc(NS(=O)(=O)c2cc(NC(=O)c3cccc(S(C)(=O)=O)c3)ccc2N2CCCCC2)cc1. The maximum Gasteiger partial charge on any atom is 0.264 e. The van der Waals surface area contributed by atoms with Crippen molar-refractivity contribution in [3.8, 4) is 5.75 Å². The molecule has 0 radical (unpaired) electrons. The van der Waals surface area contributed by atoms with Crippen molar-refractivity contribution in [2.24, 2.45) is 0 Å². The van der Waals surface area contributed by atoms with E-state index < -0.39 is 25.8 Å². The Balaban J connectivity index is 1.67. The Labute approximate surface area is 217 Å². The summed E-state index contributed by atoms with van der Waals surface area (Å²) >= 11 is 0. The van der Waals surface area contributed by atoms with Gasteiger partial charge in [-0.25, -0.2) is 16.8 Å². The Morgan fingerprint density at radius 3 is 2.19 bits per heavy atom. The van der Waals surface area contributed by atoms with Gasteiger partial charge in [0.1, 0.15) is 10.6 Å². The number of benzene rings is 3. The van der Waals surface area contributed by atoms with E-state index in [1.807, 2.05) is 4.90 Å². The van der Waals surface area contributed by atoms with E-state index in [0.29, 0.717) is 17.1 Å². The topological polar surface area (TPSA) is 122 Å². The van der Waals surface area contributed by atoms with Crippen LogP contribution in [0.5, 0.6) is 5.75 Å². The van der Waals surface area contributed by atoms with Crippen LogP contribution in [-0.4, -0.2) is 49.2 Å². The normalized spacial score (nSPS) is 14.2. The molecule has 0 aromatic heterocycles. The number of sulfonamides is 1. The summed E-state index contributed by atoms with van der Waals surface area (Å²) in [5.41, 5.74) is 1.34. The molecule has 0 unspecified atom stereocenters. The van der Waals surface area contributed by atoms with Crippen molar-refractivity contribution in [3.05, 3.63) is 72.3 Å². The van der Waals surface area contributed by atoms with Gasteiger partial charge < -0.3 is 15.0 Å². The summed E-state index contributed by atoms with van der Waals surface area (Å²) in [6.45, 7) is 1.46. The predicted molar refractivity (Wildman–Crippen MR) is 144 cm³/mol. The van der Waals surface area contributed by atoms with Crippen LogP contribution >= 0.6 is 0 Å². The number of methoxy groups -OCH3 is 1. The Hall–Kier alpha value is -3.57. The number of nitrogens with zero attached hydrogens (tertiary/aromatic N) is 1. The molecule has 3 aromatic carbocycles. The fourth-order valence-corrected chi connectivity index (χ4v) is 6.12. The smallest absolute Gasteiger partial charge is 0.264 e. The minimum absolute atomic E-state index is 0.0209. The number of carbonyl (C=O) groups excluding carboxylic acids is 1. The fraction of sp³-hybridized carbons (Fsp3) is 0.269. The van der Waals surface area contributed by atoms with E-state index in [1.54, 1.807) is 36.4 Å². The second-order valence-electron chi connectivity index (χ2n) is 8.82. The molecule has 9 nitrogen and oxygen atoms in total. The van der Waals surface area contributed by atoms with Crippen molar-refractivity contribution in [1.29, 1.82) is 0 Å². The monoisotopic (exact) mass is 543 g/mol. The van der Waals surface area contributed by atoms with Gasteiger partial charge in [0, 0.05) is 36.3 Å². The molecule has 196 valence electrons. The number of anilines is 3. The lowest BCUT2D eigenvalue weighted by Crippen LogP contribution is -2.31. The van der Waals surface area contributed by atoms with Gasteiger partial charge >= 0.3 is 0 Å². The number of carbonyl (C=O) groups is 1. The molecule has 4 rings (SSSR count). The third-order valence-corrected chi connectivity index (χ3v) is 8.59. The average molecular weight is 544 g/mol. The van der Waals surface area contributed by atoms with E-state index in [-0.39, 0.29) is 21.0 Å². The van der Waals surface area contributed by atoms with Crippen molar-refractivity contribution in [1.82, 2.24) is 0 Å². The summed E-state index contributed by atoms with van der Waals surface area (Å²) in [7, 11) is -5.99. The van der Waals surface area contributed by atoms with E-state index in [0.717, 1.165) is 38.6 Å². The van der Waals surface area contributed by atoms with Crippen LogP contribution in [0.3, 0.4) is 0 Å². The molecule has 0 bridgehead atoms. The minimum Gasteiger partial charge on any atom is -0.497 e. The molecular formula is C26H29N3O6S2. The molecule has 0 saturated carbocycles. The molecule has 1 fully saturated rings. The zero-order chi connectivity index (χ0) is 26.6. The summed E-state index contributed by atoms with van der Waals surface area (Å²) in [4.78, 5) is 15.0. The standard InChI is InChI=1S/C26H29N3O6S2/c1-35-22-12-9-20(10-13-22)28-37(33,34)25-18-21(11-14-24(25)29-15-4-3-5-16-29)27-26(30)19-7-6-8-23(17-19)36(2,31)32/h6-14,17-18,28H,3-5,15-16H2,1-2H3,(H,27,30). The first-order chi connectivity index (χ1) is 17.6. The molecule has 1 aliphatic rings. The quantitative estimate of drug-likeness (QED) is 0.438. The van der Waals surface area contributed by atoms with E-state index in [4.69, 9.17) is 4.74 Å². The van der Waals surface area contributed by atoms with Crippen LogP contribution in [0.4, 0.5) is 17.1 Å². The second kappa shape index (κ2) is 10.8. The van der Waals surface area contributed by atoms with Crippen LogP contribution < -0.4 is 19.7 Å². The first kappa shape index (κ1) is 26.5. The summed E-state index contributed by atoms with van der Waals surface area (Å²) in [5, 5.41) is 2.70. The maximum atomic E-state index is 13.5. The molecular weight excluding hydrogens is 514 g/mol. The molecule has 11 heteroatoms. The molecule has 1 heterocycles. The second-order valence-corrected chi connectivity index (χ2v) is 12.5. The highest BCUT2D eigenvalue weighted by atomic mass is 32.2. The fourth-order valence-electron chi connectivity index (χ4n) is 4.14. The van der Waals surface area contributed by atoms with Crippen LogP contribution in [0.15, 0.2) is 76.5 Å². The van der Waals surface area contributed by atoms with Crippen molar-refractivity contribution in [2.75, 3.05) is 41.4 Å². The number of hydrogen-bond acceptors (Lipinski definition) is 7. The number of hydrogen-bond donors (Lipinski definition) is 2. The van der Waals surface area contributed by atoms with Gasteiger partial charge in [-0.3, -0.25) is 9.52 Å². The lowest BCUT2D eigenvalue weighted by molar-refractivity contribution is 0.102. The highest BCUT2D eigenvalue weighted by molar-refractivity contribution is 7.93. The van der Waals surface area contributed by atoms with Crippen LogP contribution in [0.1, 0.15) is 29.6 Å². The maximum absolute atomic E-state index is 13.5. The van der Waals surface area contributed by atoms with Gasteiger partial charge in [-0.2, -0.15) is 0 Å². The zero-order valence-electron chi connectivity index (χ0n) is 20.6. The Kier molecular flexibility index (Phi) is 7.74. The van der Waals surface area contributed by atoms with Crippen molar-refractivity contribution in [3.63, 3.8) is 0 Å². The summed E-state index contributed by atoms with van der Waals surface area (Å²) < 4.78 is 58.6. The Bertz CT molecular complexity index is 1500. The highest BCUT2D eigenvalue weighted by Crippen LogP contribution is 2.32. The lowest BCUT2D eigenvalue weighted by Gasteiger charge is -2.30. The van der Waals surface area contributed by atoms with Crippen molar-refractivity contribution in [2.45, 2.75) is 29.1 Å². The van der Waals surface area contributed by atoms with Gasteiger partial charge in [0.15, 0.2) is 9.84 Å². The minimum atomic E-state index is -4.02. The van der Waals surface area contributed by atoms with Gasteiger partial charge in [-0.15, -0.1) is 0 Å². The molecule has 0 atom stereocenters. The van der Waals surface area contributed by atoms with E-state index in [1.165, 1.54) is 37.4 Å². The third-order valence-electron chi connectivity index (χ3n) is 6.07. The van der Waals surface area contributed by atoms with Crippen molar-refractivity contribution < 1.29 is 26.4 Å². The van der Waals surface area contributed by atoms with E-state index in [9.17, 15) is 21.6 Å². The molecule has 0 aliphatic carbocycles. The molecule has 1 aliphatic heterocycles. The zero-order valence-corrected chi connectivity index (χ0v) is 22.2. The van der Waals surface area contributed by atoms with Crippen LogP contribution in [0.2, 0.25) is 0 Å². The number of sulfone groups is 1. The third kappa shape index (κ3) is 6.41. The number of piperidine rings is 1. The molecule has 1 amide bonds. The first-order valence-electron chi connectivity index (χ1n) is 11.7. The molecule has 37 heavy (non-hydrogen) atoms. The highest BCUT2D eigenvalue weighted by Gasteiger charge is 2.25. The van der Waals surface area contributed by atoms with Crippen molar-refractivity contribution >= 4 is 42.8 Å². The number of ether oxygens (including phenoxy) is 1. The van der Waals surface area contributed by atoms with Gasteiger partial charge in [-0.1, -0.05) is 6.07 Å². The number of amides is 1. The Morgan fingerprint density at radius 1 is 0.865 bits per heavy atom. The number of rotatable bonds is 8.